The first kappa shape index (κ1) is 21.5. The molecule has 0 aliphatic heterocycles. The number of ether oxygens (including phenoxy) is 1. The first-order chi connectivity index (χ1) is 13.1. The van der Waals surface area contributed by atoms with Crippen molar-refractivity contribution in [1.82, 2.24) is 0 Å². The van der Waals surface area contributed by atoms with Gasteiger partial charge in [0, 0.05) is 10.7 Å². The summed E-state index contributed by atoms with van der Waals surface area (Å²) in [7, 11) is 0. The summed E-state index contributed by atoms with van der Waals surface area (Å²) in [5.74, 6) is -3.87. The van der Waals surface area contributed by atoms with Gasteiger partial charge in [0.1, 0.15) is 0 Å². The molecule has 0 aliphatic carbocycles. The van der Waals surface area contributed by atoms with Crippen LogP contribution in [0.1, 0.15) is 10.4 Å². The molecule has 0 saturated heterocycles. The van der Waals surface area contributed by atoms with Gasteiger partial charge in [-0.2, -0.15) is 13.2 Å². The monoisotopic (exact) mass is 434 g/mol. The van der Waals surface area contributed by atoms with Crippen LogP contribution < -0.4 is 10.6 Å². The van der Waals surface area contributed by atoms with Crippen LogP contribution in [0.5, 0.6) is 0 Å². The summed E-state index contributed by atoms with van der Waals surface area (Å²) < 4.78 is 41.6. The molecule has 0 saturated carbocycles. The lowest BCUT2D eigenvalue weighted by molar-refractivity contribution is -0.167. The van der Waals surface area contributed by atoms with Crippen LogP contribution in [0, 0.1) is 0 Å². The first-order valence-corrected chi connectivity index (χ1v) is 8.22. The van der Waals surface area contributed by atoms with E-state index >= 15 is 0 Å². The maximum absolute atomic E-state index is 12.3. The number of carbonyl (C=O) groups excluding carboxylic acids is 3. The Balaban J connectivity index is 1.96. The number of amides is 2. The first-order valence-electron chi connectivity index (χ1n) is 7.46. The van der Waals surface area contributed by atoms with Crippen molar-refractivity contribution in [2.75, 3.05) is 17.2 Å². The molecule has 0 fully saturated rings. The molecular weight excluding hydrogens is 424 g/mol. The molecular formula is C17H11Cl2F3N2O4. The van der Waals surface area contributed by atoms with E-state index in [1.807, 2.05) is 0 Å². The van der Waals surface area contributed by atoms with Gasteiger partial charge in [0.25, 0.3) is 5.91 Å². The van der Waals surface area contributed by atoms with Gasteiger partial charge >= 0.3 is 18.1 Å². The molecule has 2 amide bonds. The molecule has 0 bridgehead atoms. The minimum Gasteiger partial charge on any atom is -0.452 e. The van der Waals surface area contributed by atoms with Gasteiger partial charge in [0.2, 0.25) is 0 Å². The van der Waals surface area contributed by atoms with Gasteiger partial charge in [0.05, 0.1) is 16.3 Å². The normalized spacial score (nSPS) is 10.9. The number of alkyl halides is 3. The van der Waals surface area contributed by atoms with Crippen molar-refractivity contribution in [1.29, 1.82) is 0 Å². The van der Waals surface area contributed by atoms with Gasteiger partial charge in [-0.1, -0.05) is 29.3 Å². The molecule has 2 rings (SSSR count). The van der Waals surface area contributed by atoms with E-state index in [1.165, 1.54) is 30.3 Å². The molecule has 11 heteroatoms. The molecule has 6 nitrogen and oxygen atoms in total. The summed E-state index contributed by atoms with van der Waals surface area (Å²) in [5, 5.41) is 4.55. The van der Waals surface area contributed by atoms with Crippen molar-refractivity contribution in [3.05, 3.63) is 58.1 Å². The summed E-state index contributed by atoms with van der Waals surface area (Å²) in [4.78, 5) is 34.8. The quantitative estimate of drug-likeness (QED) is 0.687. The third-order valence-corrected chi connectivity index (χ3v) is 3.72. The summed E-state index contributed by atoms with van der Waals surface area (Å²) in [5.41, 5.74) is -0.201. The molecule has 0 aliphatic rings. The van der Waals surface area contributed by atoms with E-state index in [-0.39, 0.29) is 22.0 Å². The SMILES string of the molecule is O=C(COC(=O)c1cccc(NC(=O)C(F)(F)F)c1)Nc1cc(Cl)ccc1Cl. The highest BCUT2D eigenvalue weighted by Crippen LogP contribution is 2.25. The van der Waals surface area contributed by atoms with E-state index in [4.69, 9.17) is 27.9 Å². The molecule has 0 spiro atoms. The number of carbonyl (C=O) groups is 3. The van der Waals surface area contributed by atoms with Crippen LogP contribution in [-0.4, -0.2) is 30.6 Å². The lowest BCUT2D eigenvalue weighted by atomic mass is 10.2. The number of benzene rings is 2. The highest BCUT2D eigenvalue weighted by Gasteiger charge is 2.38. The zero-order valence-electron chi connectivity index (χ0n) is 13.8. The van der Waals surface area contributed by atoms with E-state index in [1.54, 1.807) is 5.32 Å². The van der Waals surface area contributed by atoms with Crippen LogP contribution >= 0.6 is 23.2 Å². The Labute approximate surface area is 166 Å². The topological polar surface area (TPSA) is 84.5 Å². The van der Waals surface area contributed by atoms with Crippen LogP contribution in [0.15, 0.2) is 42.5 Å². The average molecular weight is 435 g/mol. The minimum atomic E-state index is -5.07. The summed E-state index contributed by atoms with van der Waals surface area (Å²) in [6.07, 6.45) is -5.07. The van der Waals surface area contributed by atoms with Crippen molar-refractivity contribution in [3.63, 3.8) is 0 Å². The second kappa shape index (κ2) is 8.94. The standard InChI is InChI=1S/C17H11Cl2F3N2O4/c18-10-4-5-12(19)13(7-10)24-14(25)8-28-15(26)9-2-1-3-11(6-9)23-16(27)17(20,21)22/h1-7H,8H2,(H,23,27)(H,24,25). The molecule has 0 atom stereocenters. The van der Waals surface area contributed by atoms with Crippen LogP contribution in [-0.2, 0) is 14.3 Å². The second-order valence-corrected chi connectivity index (χ2v) is 6.12. The van der Waals surface area contributed by atoms with Gasteiger partial charge in [-0.15, -0.1) is 0 Å². The smallest absolute Gasteiger partial charge is 0.452 e. The number of rotatable bonds is 5. The number of hydrogen-bond donors (Lipinski definition) is 2. The predicted octanol–water partition coefficient (Wildman–Crippen LogP) is 4.29. The molecule has 28 heavy (non-hydrogen) atoms. The summed E-state index contributed by atoms with van der Waals surface area (Å²) in [6.45, 7) is -0.680. The number of esters is 1. The lowest BCUT2D eigenvalue weighted by Gasteiger charge is -2.10. The molecule has 148 valence electrons. The Morgan fingerprint density at radius 3 is 2.39 bits per heavy atom. The zero-order valence-corrected chi connectivity index (χ0v) is 15.3. The van der Waals surface area contributed by atoms with E-state index in [0.717, 1.165) is 12.1 Å². The fourth-order valence-corrected chi connectivity index (χ4v) is 2.26. The van der Waals surface area contributed by atoms with Gasteiger partial charge in [-0.3, -0.25) is 9.59 Å². The molecule has 0 aromatic heterocycles. The highest BCUT2D eigenvalue weighted by molar-refractivity contribution is 6.35. The van der Waals surface area contributed by atoms with Gasteiger partial charge in [-0.25, -0.2) is 4.79 Å². The van der Waals surface area contributed by atoms with E-state index < -0.39 is 30.6 Å². The lowest BCUT2D eigenvalue weighted by Crippen LogP contribution is -2.30. The molecule has 2 N–H and O–H groups in total. The van der Waals surface area contributed by atoms with E-state index in [9.17, 15) is 27.6 Å². The Hall–Kier alpha value is -2.78. The summed E-state index contributed by atoms with van der Waals surface area (Å²) >= 11 is 11.7. The van der Waals surface area contributed by atoms with Gasteiger partial charge in [-0.05, 0) is 36.4 Å². The second-order valence-electron chi connectivity index (χ2n) is 5.28. The van der Waals surface area contributed by atoms with Crippen LogP contribution in [0.4, 0.5) is 24.5 Å². The molecule has 0 radical (unpaired) electrons. The number of anilines is 2. The molecule has 2 aromatic rings. The maximum atomic E-state index is 12.3. The fourth-order valence-electron chi connectivity index (χ4n) is 1.92. The van der Waals surface area contributed by atoms with Crippen LogP contribution in [0.25, 0.3) is 0 Å². The highest BCUT2D eigenvalue weighted by atomic mass is 35.5. The molecule has 0 unspecified atom stereocenters. The third-order valence-electron chi connectivity index (χ3n) is 3.15. The maximum Gasteiger partial charge on any atom is 0.471 e. The van der Waals surface area contributed by atoms with Crippen molar-refractivity contribution in [2.24, 2.45) is 0 Å². The fraction of sp³-hybridized carbons (Fsp3) is 0.118. The number of halogens is 5. The average Bonchev–Trinajstić information content (AvgIpc) is 2.62. The van der Waals surface area contributed by atoms with Gasteiger partial charge < -0.3 is 15.4 Å². The van der Waals surface area contributed by atoms with Gasteiger partial charge in [0.15, 0.2) is 6.61 Å². The third kappa shape index (κ3) is 6.14. The van der Waals surface area contributed by atoms with Crippen LogP contribution in [0.3, 0.4) is 0 Å². The predicted molar refractivity (Wildman–Crippen MR) is 96.5 cm³/mol. The minimum absolute atomic E-state index is 0.159. The molecule has 2 aromatic carbocycles. The molecule has 0 heterocycles. The van der Waals surface area contributed by atoms with Crippen LogP contribution in [0.2, 0.25) is 10.0 Å². The van der Waals surface area contributed by atoms with Crippen molar-refractivity contribution in [2.45, 2.75) is 6.18 Å². The number of hydrogen-bond acceptors (Lipinski definition) is 4. The van der Waals surface area contributed by atoms with Crippen molar-refractivity contribution >= 4 is 52.4 Å². The zero-order chi connectivity index (χ0) is 20.9. The van der Waals surface area contributed by atoms with Crippen molar-refractivity contribution in [3.8, 4) is 0 Å². The van der Waals surface area contributed by atoms with Crippen molar-refractivity contribution < 1.29 is 32.3 Å². The Morgan fingerprint density at radius 1 is 1.00 bits per heavy atom. The summed E-state index contributed by atoms with van der Waals surface area (Å²) in [6, 6.07) is 9.02. The Bertz CT molecular complexity index is 920. The largest absolute Gasteiger partial charge is 0.471 e. The number of nitrogens with one attached hydrogen (secondary N) is 2. The van der Waals surface area contributed by atoms with E-state index in [2.05, 4.69) is 5.32 Å². The van der Waals surface area contributed by atoms with E-state index in [0.29, 0.717) is 5.02 Å². The Morgan fingerprint density at radius 2 is 1.71 bits per heavy atom. The Kier molecular flexibility index (Phi) is 6.87.